The number of nitrogens with one attached hydrogen (secondary N) is 2. The fraction of sp³-hybridized carbons (Fsp3) is 0.273. The summed E-state index contributed by atoms with van der Waals surface area (Å²) in [5, 5.41) is 26.3. The molecular formula is C33H35N3O3. The molecule has 6 rings (SSSR count). The highest BCUT2D eigenvalue weighted by molar-refractivity contribution is 6.10. The molecule has 2 atom stereocenters. The van der Waals surface area contributed by atoms with Gasteiger partial charge in [0, 0.05) is 51.2 Å². The Morgan fingerprint density at radius 2 is 1.28 bits per heavy atom. The number of hydrogen-bond donors (Lipinski definition) is 4. The van der Waals surface area contributed by atoms with E-state index in [9.17, 15) is 10.2 Å². The first-order chi connectivity index (χ1) is 19.1. The van der Waals surface area contributed by atoms with Gasteiger partial charge in [-0.15, -0.1) is 0 Å². The maximum atomic E-state index is 10.9. The van der Waals surface area contributed by atoms with Crippen LogP contribution in [-0.4, -0.2) is 63.5 Å². The monoisotopic (exact) mass is 521 g/mol. The van der Waals surface area contributed by atoms with Crippen LogP contribution in [0, 0.1) is 0 Å². The second kappa shape index (κ2) is 11.1. The highest BCUT2D eigenvalue weighted by atomic mass is 16.5. The largest absolute Gasteiger partial charge is 0.490 e. The Labute approximate surface area is 227 Å². The van der Waals surface area contributed by atoms with Crippen molar-refractivity contribution in [2.45, 2.75) is 32.0 Å². The van der Waals surface area contributed by atoms with Gasteiger partial charge in [0.05, 0.1) is 11.6 Å². The molecule has 6 aromatic rings. The first kappa shape index (κ1) is 25.4. The number of benzene rings is 4. The van der Waals surface area contributed by atoms with Gasteiger partial charge in [0.15, 0.2) is 0 Å². The topological polar surface area (TPSA) is 84.5 Å². The molecule has 0 amide bonds. The molecule has 0 fully saturated rings. The molecule has 0 radical (unpaired) electrons. The number of likely N-dealkylation sites (N-methyl/N-ethyl adjacent to an activating group) is 1. The van der Waals surface area contributed by atoms with Crippen molar-refractivity contribution in [3.05, 3.63) is 90.5 Å². The molecule has 39 heavy (non-hydrogen) atoms. The van der Waals surface area contributed by atoms with E-state index in [-0.39, 0.29) is 6.61 Å². The molecule has 0 aliphatic carbocycles. The first-order valence-corrected chi connectivity index (χ1v) is 13.8. The Morgan fingerprint density at radius 1 is 0.692 bits per heavy atom. The van der Waals surface area contributed by atoms with Crippen LogP contribution >= 0.6 is 0 Å². The number of para-hydroxylation sites is 2. The second-order valence-electron chi connectivity index (χ2n) is 10.4. The smallest absolute Gasteiger partial charge is 0.129 e. The molecular weight excluding hydrogens is 486 g/mol. The van der Waals surface area contributed by atoms with Crippen LogP contribution in [0.25, 0.3) is 43.6 Å². The van der Waals surface area contributed by atoms with Crippen LogP contribution in [0.5, 0.6) is 5.75 Å². The number of H-pyrrole nitrogens is 2. The number of fused-ring (bicyclic) bond motifs is 6. The summed E-state index contributed by atoms with van der Waals surface area (Å²) in [5.74, 6) is 0.763. The van der Waals surface area contributed by atoms with Crippen molar-refractivity contribution in [1.82, 2.24) is 14.9 Å². The number of nitrogens with zero attached hydrogens (tertiary/aromatic N) is 1. The van der Waals surface area contributed by atoms with E-state index in [1.165, 1.54) is 16.3 Å². The van der Waals surface area contributed by atoms with Gasteiger partial charge in [0.25, 0.3) is 0 Å². The van der Waals surface area contributed by atoms with Crippen molar-refractivity contribution in [3.63, 3.8) is 0 Å². The summed E-state index contributed by atoms with van der Waals surface area (Å²) < 4.78 is 6.11. The lowest BCUT2D eigenvalue weighted by Gasteiger charge is -2.26. The summed E-state index contributed by atoms with van der Waals surface area (Å²) >= 11 is 0. The van der Waals surface area contributed by atoms with Crippen molar-refractivity contribution in [2.24, 2.45) is 0 Å². The Bertz CT molecular complexity index is 1590. The number of aromatic amines is 2. The Balaban J connectivity index is 1.06. The molecule has 0 bridgehead atoms. The van der Waals surface area contributed by atoms with Gasteiger partial charge < -0.3 is 24.9 Å². The predicted molar refractivity (Wildman–Crippen MR) is 160 cm³/mol. The van der Waals surface area contributed by atoms with E-state index >= 15 is 0 Å². The van der Waals surface area contributed by atoms with Gasteiger partial charge in [-0.25, -0.2) is 0 Å². The molecule has 4 aromatic carbocycles. The number of aromatic nitrogens is 2. The van der Waals surface area contributed by atoms with E-state index in [1.807, 2.05) is 36.4 Å². The average Bonchev–Trinajstić information content (AvgIpc) is 3.53. The number of ether oxygens (including phenoxy) is 1. The van der Waals surface area contributed by atoms with Crippen LogP contribution in [-0.2, 0) is 6.42 Å². The third-order valence-corrected chi connectivity index (χ3v) is 7.67. The first-order valence-electron chi connectivity index (χ1n) is 13.8. The normalized spacial score (nSPS) is 13.6. The predicted octanol–water partition coefficient (Wildman–Crippen LogP) is 6.01. The zero-order chi connectivity index (χ0) is 26.8. The van der Waals surface area contributed by atoms with Crippen molar-refractivity contribution < 1.29 is 14.9 Å². The number of rotatable bonds is 11. The summed E-state index contributed by atoms with van der Waals surface area (Å²) in [4.78, 5) is 9.02. The van der Waals surface area contributed by atoms with E-state index in [4.69, 9.17) is 4.74 Å². The third-order valence-electron chi connectivity index (χ3n) is 7.67. The van der Waals surface area contributed by atoms with Crippen molar-refractivity contribution in [1.29, 1.82) is 0 Å². The van der Waals surface area contributed by atoms with Gasteiger partial charge in [-0.2, -0.15) is 0 Å². The second-order valence-corrected chi connectivity index (χ2v) is 10.4. The number of aliphatic hydroxyl groups is 2. The van der Waals surface area contributed by atoms with E-state index in [0.717, 1.165) is 51.6 Å². The van der Waals surface area contributed by atoms with Crippen molar-refractivity contribution >= 4 is 43.6 Å². The van der Waals surface area contributed by atoms with E-state index in [1.54, 1.807) is 0 Å². The molecule has 6 heteroatoms. The van der Waals surface area contributed by atoms with Gasteiger partial charge in [-0.1, -0.05) is 61.5 Å². The molecule has 0 spiro atoms. The molecule has 0 aliphatic heterocycles. The van der Waals surface area contributed by atoms with Crippen LogP contribution in [0.4, 0.5) is 0 Å². The van der Waals surface area contributed by atoms with Crippen molar-refractivity contribution in [3.8, 4) is 5.75 Å². The Hall–Kier alpha value is -3.84. The summed E-state index contributed by atoms with van der Waals surface area (Å²) in [7, 11) is 0. The lowest BCUT2D eigenvalue weighted by molar-refractivity contribution is 0.0462. The minimum absolute atomic E-state index is 0.188. The molecule has 2 heterocycles. The molecule has 2 unspecified atom stereocenters. The van der Waals surface area contributed by atoms with Crippen LogP contribution in [0.2, 0.25) is 0 Å². The van der Waals surface area contributed by atoms with Crippen LogP contribution in [0.15, 0.2) is 84.9 Å². The molecule has 0 saturated heterocycles. The number of aryl methyl sites for hydroxylation is 1. The molecule has 0 aliphatic rings. The fourth-order valence-corrected chi connectivity index (χ4v) is 5.76. The Morgan fingerprint density at radius 3 is 2.00 bits per heavy atom. The average molecular weight is 522 g/mol. The highest BCUT2D eigenvalue weighted by Gasteiger charge is 2.17. The van der Waals surface area contributed by atoms with Crippen LogP contribution < -0.4 is 4.74 Å². The molecule has 0 saturated carbocycles. The molecule has 4 N–H and O–H groups in total. The molecule has 6 nitrogen and oxygen atoms in total. The summed E-state index contributed by atoms with van der Waals surface area (Å²) in [5.41, 5.74) is 5.59. The van der Waals surface area contributed by atoms with Gasteiger partial charge in [-0.3, -0.25) is 4.90 Å². The quantitative estimate of drug-likeness (QED) is 0.168. The van der Waals surface area contributed by atoms with E-state index in [0.29, 0.717) is 19.5 Å². The van der Waals surface area contributed by atoms with Crippen LogP contribution in [0.3, 0.4) is 0 Å². The maximum absolute atomic E-state index is 10.9. The molecule has 200 valence electrons. The summed E-state index contributed by atoms with van der Waals surface area (Å²) in [6.07, 6.45) is 0.290. The fourth-order valence-electron chi connectivity index (χ4n) is 5.76. The lowest BCUT2D eigenvalue weighted by atomic mass is 10.0. The SMILES string of the molecule is CCN(CC(O)CCc1cccc2[nH]c3ccccc3c12)CC(O)COc1cccc2[nH]c3ccccc3c12. The zero-order valence-corrected chi connectivity index (χ0v) is 22.2. The number of aliphatic hydroxyl groups excluding tert-OH is 2. The Kier molecular flexibility index (Phi) is 7.24. The minimum atomic E-state index is -0.669. The highest BCUT2D eigenvalue weighted by Crippen LogP contribution is 2.33. The van der Waals surface area contributed by atoms with E-state index < -0.39 is 12.2 Å². The van der Waals surface area contributed by atoms with E-state index in [2.05, 4.69) is 70.3 Å². The summed E-state index contributed by atoms with van der Waals surface area (Å²) in [6.45, 7) is 3.93. The minimum Gasteiger partial charge on any atom is -0.490 e. The van der Waals surface area contributed by atoms with Gasteiger partial charge in [0.2, 0.25) is 0 Å². The lowest BCUT2D eigenvalue weighted by Crippen LogP contribution is -2.40. The van der Waals surface area contributed by atoms with Crippen LogP contribution in [0.1, 0.15) is 18.9 Å². The van der Waals surface area contributed by atoms with Gasteiger partial charge in [-0.05, 0) is 55.3 Å². The summed E-state index contributed by atoms with van der Waals surface area (Å²) in [6, 6.07) is 28.8. The van der Waals surface area contributed by atoms with Gasteiger partial charge in [0.1, 0.15) is 18.5 Å². The number of hydrogen-bond acceptors (Lipinski definition) is 4. The maximum Gasteiger partial charge on any atom is 0.129 e. The van der Waals surface area contributed by atoms with Gasteiger partial charge >= 0.3 is 0 Å². The molecule has 2 aromatic heterocycles. The van der Waals surface area contributed by atoms with Crippen molar-refractivity contribution in [2.75, 3.05) is 26.2 Å². The third kappa shape index (κ3) is 5.23. The standard InChI is InChI=1S/C33H35N3O3/c1-2-36(19-23(37)18-17-22-9-7-14-29-32(22)25-10-3-5-12-27(25)34-29)20-24(38)21-39-31-16-8-15-30-33(31)26-11-4-6-13-28(26)35-30/h3-16,23-24,34-35,37-38H,2,17-21H2,1H3. The zero-order valence-electron chi connectivity index (χ0n) is 22.2.